The largest absolute Gasteiger partial charge is 0.330 e. The van der Waals surface area contributed by atoms with Crippen LogP contribution in [0.25, 0.3) is 11.0 Å². The number of imidazole rings is 1. The van der Waals surface area contributed by atoms with Gasteiger partial charge in [0, 0.05) is 20.0 Å². The Morgan fingerprint density at radius 2 is 2.26 bits per heavy atom. The van der Waals surface area contributed by atoms with Gasteiger partial charge in [-0.05, 0) is 30.4 Å². The fourth-order valence-electron chi connectivity index (χ4n) is 2.07. The van der Waals surface area contributed by atoms with Crippen LogP contribution in [0.1, 0.15) is 5.82 Å². The van der Waals surface area contributed by atoms with Crippen LogP contribution in [0.4, 0.5) is 4.39 Å². The van der Waals surface area contributed by atoms with Gasteiger partial charge in [0.2, 0.25) is 0 Å². The highest BCUT2D eigenvalue weighted by Gasteiger charge is 2.07. The molecule has 0 bridgehead atoms. The Morgan fingerprint density at radius 1 is 1.42 bits per heavy atom. The molecule has 3 aromatic rings. The maximum atomic E-state index is 13.1. The number of halogens is 1. The molecular weight excluding hydrogens is 265 g/mol. The highest BCUT2D eigenvalue weighted by molar-refractivity contribution is 7.71. The third-order valence-electron chi connectivity index (χ3n) is 2.94. The minimum Gasteiger partial charge on any atom is -0.330 e. The molecule has 0 radical (unpaired) electrons. The quantitative estimate of drug-likeness (QED) is 0.747. The summed E-state index contributed by atoms with van der Waals surface area (Å²) in [5.74, 6) is 0.489. The first kappa shape index (κ1) is 12.0. The number of fused-ring (bicyclic) bond motifs is 1. The molecule has 5 nitrogen and oxygen atoms in total. The lowest BCUT2D eigenvalue weighted by Crippen LogP contribution is -2.03. The van der Waals surface area contributed by atoms with Gasteiger partial charge in [0.15, 0.2) is 10.6 Å². The first-order valence-electron chi connectivity index (χ1n) is 5.86. The van der Waals surface area contributed by atoms with E-state index >= 15 is 0 Å². The molecule has 0 saturated carbocycles. The molecule has 0 spiro atoms. The predicted octanol–water partition coefficient (Wildman–Crippen LogP) is 2.21. The maximum Gasteiger partial charge on any atom is 0.178 e. The molecule has 0 saturated heterocycles. The van der Waals surface area contributed by atoms with Crippen molar-refractivity contribution in [3.8, 4) is 0 Å². The lowest BCUT2D eigenvalue weighted by Gasteiger charge is -2.02. The molecule has 0 atom stereocenters. The van der Waals surface area contributed by atoms with E-state index < -0.39 is 0 Å². The van der Waals surface area contributed by atoms with Gasteiger partial charge >= 0.3 is 0 Å². The van der Waals surface area contributed by atoms with E-state index in [1.807, 2.05) is 11.6 Å². The molecule has 0 fully saturated rings. The van der Waals surface area contributed by atoms with Crippen LogP contribution in [-0.4, -0.2) is 24.3 Å². The molecule has 3 rings (SSSR count). The highest BCUT2D eigenvalue weighted by Crippen LogP contribution is 2.15. The summed E-state index contributed by atoms with van der Waals surface area (Å²) in [4.78, 5) is 7.17. The monoisotopic (exact) mass is 277 g/mol. The van der Waals surface area contributed by atoms with Crippen LogP contribution in [0.2, 0.25) is 0 Å². The molecule has 19 heavy (non-hydrogen) atoms. The number of rotatable bonds is 3. The highest BCUT2D eigenvalue weighted by atomic mass is 32.1. The molecule has 0 aliphatic heterocycles. The Labute approximate surface area is 113 Å². The fourth-order valence-corrected chi connectivity index (χ4v) is 2.37. The van der Waals surface area contributed by atoms with Crippen LogP contribution >= 0.6 is 12.2 Å². The van der Waals surface area contributed by atoms with Crippen molar-refractivity contribution in [2.24, 2.45) is 7.05 Å². The summed E-state index contributed by atoms with van der Waals surface area (Å²) in [5.41, 5.74) is 1.60. The van der Waals surface area contributed by atoms with Gasteiger partial charge in [-0.25, -0.2) is 9.37 Å². The van der Waals surface area contributed by atoms with Crippen LogP contribution in [0.5, 0.6) is 0 Å². The molecule has 98 valence electrons. The molecule has 1 aromatic carbocycles. The number of benzene rings is 1. The minimum atomic E-state index is -0.276. The van der Waals surface area contributed by atoms with Crippen LogP contribution < -0.4 is 0 Å². The van der Waals surface area contributed by atoms with Crippen molar-refractivity contribution in [3.05, 3.63) is 40.9 Å². The summed E-state index contributed by atoms with van der Waals surface area (Å²) in [7, 11) is 1.83. The number of aryl methyl sites for hydroxylation is 3. The first-order chi connectivity index (χ1) is 9.13. The number of nitrogens with one attached hydrogen (secondary N) is 1. The third kappa shape index (κ3) is 2.28. The van der Waals surface area contributed by atoms with Gasteiger partial charge in [-0.15, -0.1) is 0 Å². The van der Waals surface area contributed by atoms with E-state index in [0.29, 0.717) is 23.3 Å². The number of hydrogen-bond donors (Lipinski definition) is 1. The fraction of sp³-hybridized carbons (Fsp3) is 0.250. The van der Waals surface area contributed by atoms with E-state index in [2.05, 4.69) is 15.1 Å². The van der Waals surface area contributed by atoms with E-state index in [4.69, 9.17) is 12.2 Å². The predicted molar refractivity (Wildman–Crippen MR) is 71.8 cm³/mol. The number of aromatic nitrogens is 5. The van der Waals surface area contributed by atoms with Gasteiger partial charge in [0.1, 0.15) is 12.1 Å². The van der Waals surface area contributed by atoms with E-state index in [9.17, 15) is 4.39 Å². The lowest BCUT2D eigenvalue weighted by atomic mass is 10.3. The second-order valence-electron chi connectivity index (χ2n) is 4.33. The summed E-state index contributed by atoms with van der Waals surface area (Å²) in [5, 5.41) is 4.22. The molecule has 2 heterocycles. The van der Waals surface area contributed by atoms with E-state index in [1.54, 1.807) is 17.1 Å². The van der Waals surface area contributed by atoms with Crippen molar-refractivity contribution in [3.63, 3.8) is 0 Å². The number of nitrogens with zero attached hydrogens (tertiary/aromatic N) is 4. The minimum absolute atomic E-state index is 0.276. The van der Waals surface area contributed by atoms with Gasteiger partial charge in [0.05, 0.1) is 11.0 Å². The molecule has 1 N–H and O–H groups in total. The van der Waals surface area contributed by atoms with Crippen molar-refractivity contribution >= 4 is 23.3 Å². The SMILES string of the molecule is Cn1cnc(CCn2c(=S)[nH]c3cc(F)ccc32)n1. The topological polar surface area (TPSA) is 51.4 Å². The zero-order chi connectivity index (χ0) is 13.4. The Hall–Kier alpha value is -2.02. The van der Waals surface area contributed by atoms with Gasteiger partial charge in [-0.3, -0.25) is 4.68 Å². The summed E-state index contributed by atoms with van der Waals surface area (Å²) in [6, 6.07) is 4.60. The lowest BCUT2D eigenvalue weighted by molar-refractivity contribution is 0.629. The van der Waals surface area contributed by atoms with E-state index in [-0.39, 0.29) is 5.82 Å². The standard InChI is InChI=1S/C12H12FN5S/c1-17-7-14-11(16-17)4-5-18-10-3-2-8(13)6-9(10)15-12(18)19/h2-3,6-7H,4-5H2,1H3,(H,15,19). The third-order valence-corrected chi connectivity index (χ3v) is 3.26. The van der Waals surface area contributed by atoms with E-state index in [0.717, 1.165) is 11.3 Å². The van der Waals surface area contributed by atoms with Gasteiger partial charge in [-0.1, -0.05) is 0 Å². The summed E-state index contributed by atoms with van der Waals surface area (Å²) in [6.45, 7) is 0.661. The Morgan fingerprint density at radius 3 is 3.00 bits per heavy atom. The summed E-state index contributed by atoms with van der Waals surface area (Å²) < 4.78 is 17.3. The van der Waals surface area contributed by atoms with Crippen LogP contribution in [0.15, 0.2) is 24.5 Å². The molecular formula is C12H12FN5S. The number of hydrogen-bond acceptors (Lipinski definition) is 3. The van der Waals surface area contributed by atoms with Crippen LogP contribution in [-0.2, 0) is 20.0 Å². The van der Waals surface area contributed by atoms with Crippen LogP contribution in [0.3, 0.4) is 0 Å². The normalized spacial score (nSPS) is 11.3. The Bertz CT molecular complexity index is 785. The molecule has 7 heteroatoms. The van der Waals surface area contributed by atoms with E-state index in [1.165, 1.54) is 12.1 Å². The average Bonchev–Trinajstić information content (AvgIpc) is 2.89. The van der Waals surface area contributed by atoms with Crippen molar-refractivity contribution in [1.82, 2.24) is 24.3 Å². The van der Waals surface area contributed by atoms with Gasteiger partial charge in [0.25, 0.3) is 0 Å². The van der Waals surface area contributed by atoms with Crippen molar-refractivity contribution in [1.29, 1.82) is 0 Å². The molecule has 0 aliphatic carbocycles. The Kier molecular flexibility index (Phi) is 2.90. The number of H-pyrrole nitrogens is 1. The smallest absolute Gasteiger partial charge is 0.178 e. The Balaban J connectivity index is 1.92. The van der Waals surface area contributed by atoms with Crippen molar-refractivity contribution < 1.29 is 4.39 Å². The van der Waals surface area contributed by atoms with Crippen LogP contribution in [0, 0.1) is 10.6 Å². The zero-order valence-corrected chi connectivity index (χ0v) is 11.1. The molecule has 0 aliphatic rings. The number of aromatic amines is 1. The molecule has 2 aromatic heterocycles. The maximum absolute atomic E-state index is 13.1. The van der Waals surface area contributed by atoms with Gasteiger partial charge < -0.3 is 9.55 Å². The van der Waals surface area contributed by atoms with Crippen molar-refractivity contribution in [2.75, 3.05) is 0 Å². The average molecular weight is 277 g/mol. The molecule has 0 unspecified atom stereocenters. The summed E-state index contributed by atoms with van der Waals surface area (Å²) in [6.07, 6.45) is 2.35. The zero-order valence-electron chi connectivity index (χ0n) is 10.3. The second-order valence-corrected chi connectivity index (χ2v) is 4.71. The second kappa shape index (κ2) is 4.58. The van der Waals surface area contributed by atoms with Crippen molar-refractivity contribution in [2.45, 2.75) is 13.0 Å². The van der Waals surface area contributed by atoms with Gasteiger partial charge in [-0.2, -0.15) is 5.10 Å². The summed E-state index contributed by atoms with van der Waals surface area (Å²) >= 11 is 5.26. The first-order valence-corrected chi connectivity index (χ1v) is 6.27. The molecule has 0 amide bonds.